The lowest BCUT2D eigenvalue weighted by molar-refractivity contribution is -0.155. The smallest absolute Gasteiger partial charge is 0.323 e. The summed E-state index contributed by atoms with van der Waals surface area (Å²) in [6.45, 7) is 0. The third kappa shape index (κ3) is 6.38. The van der Waals surface area contributed by atoms with Gasteiger partial charge in [0.15, 0.2) is 0 Å². The Morgan fingerprint density at radius 2 is 1.12 bits per heavy atom. The summed E-state index contributed by atoms with van der Waals surface area (Å²) in [7, 11) is 0. The molecule has 1 rings (SSSR count). The van der Waals surface area contributed by atoms with E-state index in [-0.39, 0.29) is 0 Å². The van der Waals surface area contributed by atoms with Crippen LogP contribution in [-0.2, 0) is 19.1 Å². The van der Waals surface area contributed by atoms with Gasteiger partial charge in [0, 0.05) is 23.7 Å². The molecule has 0 radical (unpaired) electrons. The molecule has 0 aromatic carbocycles. The van der Waals surface area contributed by atoms with Gasteiger partial charge in [-0.3, -0.25) is 9.59 Å². The van der Waals surface area contributed by atoms with Gasteiger partial charge in [0.25, 0.3) is 0 Å². The number of carbonyl (C=O) groups is 2. The summed E-state index contributed by atoms with van der Waals surface area (Å²) in [6.07, 6.45) is 16.8. The van der Waals surface area contributed by atoms with E-state index in [0.29, 0.717) is 12.8 Å². The molecule has 0 aromatic rings. The molecule has 116 valence electrons. The van der Waals surface area contributed by atoms with Crippen molar-refractivity contribution < 1.29 is 19.1 Å². The van der Waals surface area contributed by atoms with Crippen molar-refractivity contribution in [3.63, 3.8) is 0 Å². The van der Waals surface area contributed by atoms with Crippen LogP contribution < -0.4 is 0 Å². The van der Waals surface area contributed by atoms with Crippen molar-refractivity contribution in [3.8, 4) is 72.4 Å². The maximum absolute atomic E-state index is 12.1. The topological polar surface area (TPSA) is 52.6 Å². The summed E-state index contributed by atoms with van der Waals surface area (Å²) < 4.78 is 9.61. The van der Waals surface area contributed by atoms with E-state index in [2.05, 4.69) is 59.6 Å². The van der Waals surface area contributed by atoms with E-state index in [1.165, 1.54) is 0 Å². The van der Waals surface area contributed by atoms with Gasteiger partial charge in [0.05, 0.1) is 11.8 Å². The number of carbonyl (C=O) groups excluding carboxylic acids is 2. The molecule has 4 nitrogen and oxygen atoms in total. The van der Waals surface area contributed by atoms with E-state index in [4.69, 9.17) is 22.3 Å². The summed E-state index contributed by atoms with van der Waals surface area (Å²) >= 11 is 0. The predicted molar refractivity (Wildman–Crippen MR) is 86.4 cm³/mol. The van der Waals surface area contributed by atoms with Crippen LogP contribution in [0.25, 0.3) is 0 Å². The molecule has 0 amide bonds. The quantitative estimate of drug-likeness (QED) is 0.565. The van der Waals surface area contributed by atoms with Crippen molar-refractivity contribution in [2.75, 3.05) is 0 Å². The first-order valence-corrected chi connectivity index (χ1v) is 7.03. The zero-order chi connectivity index (χ0) is 17.6. The van der Waals surface area contributed by atoms with Gasteiger partial charge in [-0.25, -0.2) is 0 Å². The Labute approximate surface area is 141 Å². The largest absolute Gasteiger partial charge is 0.371 e. The van der Waals surface area contributed by atoms with Crippen molar-refractivity contribution in [1.29, 1.82) is 0 Å². The minimum atomic E-state index is -0.625. The van der Waals surface area contributed by atoms with E-state index in [0.717, 1.165) is 12.8 Å². The van der Waals surface area contributed by atoms with Gasteiger partial charge in [0.2, 0.25) is 0 Å². The zero-order valence-electron chi connectivity index (χ0n) is 12.8. The summed E-state index contributed by atoms with van der Waals surface area (Å²) in [5.41, 5.74) is 0. The van der Waals surface area contributed by atoms with Crippen LogP contribution in [0.3, 0.4) is 0 Å². The standard InChI is InChI=1S/C20H12O4/c1-3-5-7-11-15-23-19(21)17-13-9-10-14-18(17)20(22)24-16-12-8-6-4-2/h1-2,17-18H,9-10,13-14H2. The van der Waals surface area contributed by atoms with Gasteiger partial charge in [-0.1, -0.05) is 12.8 Å². The molecular formula is C20H12O4. The van der Waals surface area contributed by atoms with Crippen LogP contribution in [0.4, 0.5) is 0 Å². The third-order valence-electron chi connectivity index (χ3n) is 3.17. The molecule has 2 unspecified atom stereocenters. The molecule has 0 bridgehead atoms. The minimum absolute atomic E-state index is 0.515. The molecule has 1 saturated carbocycles. The molecule has 0 N–H and O–H groups in total. The molecule has 1 aliphatic carbocycles. The number of hydrogen-bond acceptors (Lipinski definition) is 4. The van der Waals surface area contributed by atoms with Crippen LogP contribution in [-0.4, -0.2) is 11.9 Å². The van der Waals surface area contributed by atoms with E-state index < -0.39 is 23.8 Å². The highest BCUT2D eigenvalue weighted by Gasteiger charge is 2.38. The average Bonchev–Trinajstić information content (AvgIpc) is 2.61. The second-order valence-corrected chi connectivity index (χ2v) is 4.58. The van der Waals surface area contributed by atoms with Gasteiger partial charge in [0.1, 0.15) is 12.2 Å². The molecule has 0 heterocycles. The maximum Gasteiger partial charge on any atom is 0.323 e. The maximum atomic E-state index is 12.1. The van der Waals surface area contributed by atoms with E-state index in [1.807, 2.05) is 0 Å². The Morgan fingerprint density at radius 3 is 1.50 bits per heavy atom. The van der Waals surface area contributed by atoms with Crippen LogP contribution in [0.5, 0.6) is 0 Å². The Bertz CT molecular complexity index is 748. The normalized spacial score (nSPS) is 17.1. The van der Waals surface area contributed by atoms with Crippen molar-refractivity contribution >= 4 is 11.9 Å². The number of ether oxygens (including phenoxy) is 2. The lowest BCUT2D eigenvalue weighted by atomic mass is 9.79. The summed E-state index contributed by atoms with van der Waals surface area (Å²) in [5.74, 6) is 15.4. The Morgan fingerprint density at radius 1 is 0.708 bits per heavy atom. The van der Waals surface area contributed by atoms with Crippen LogP contribution in [0, 0.1) is 84.3 Å². The second-order valence-electron chi connectivity index (χ2n) is 4.58. The first kappa shape index (κ1) is 18.3. The summed E-state index contributed by atoms with van der Waals surface area (Å²) in [4.78, 5) is 24.1. The molecule has 1 aliphatic rings. The van der Waals surface area contributed by atoms with E-state index in [1.54, 1.807) is 0 Å². The fourth-order valence-corrected chi connectivity index (χ4v) is 2.18. The van der Waals surface area contributed by atoms with Crippen molar-refractivity contribution in [3.05, 3.63) is 0 Å². The summed E-state index contributed by atoms with van der Waals surface area (Å²) in [5, 5.41) is 0. The van der Waals surface area contributed by atoms with E-state index in [9.17, 15) is 9.59 Å². The lowest BCUT2D eigenvalue weighted by Crippen LogP contribution is -2.34. The summed E-state index contributed by atoms with van der Waals surface area (Å²) in [6, 6.07) is 0. The number of esters is 2. The molecule has 0 spiro atoms. The number of rotatable bonds is 2. The fraction of sp³-hybridized carbons (Fsp3) is 0.300. The lowest BCUT2D eigenvalue weighted by Gasteiger charge is -2.26. The van der Waals surface area contributed by atoms with Crippen molar-refractivity contribution in [2.45, 2.75) is 25.7 Å². The van der Waals surface area contributed by atoms with Crippen molar-refractivity contribution in [1.82, 2.24) is 0 Å². The molecule has 1 fully saturated rings. The van der Waals surface area contributed by atoms with Gasteiger partial charge >= 0.3 is 11.9 Å². The number of hydrogen-bond donors (Lipinski definition) is 0. The molecule has 0 saturated heterocycles. The second kappa shape index (κ2) is 10.9. The van der Waals surface area contributed by atoms with Crippen LogP contribution in [0.15, 0.2) is 0 Å². The molecule has 4 heteroatoms. The SMILES string of the molecule is C#CC#CC#COC(=O)C1CCCCC1C(=O)OC#CC#CC#C. The van der Waals surface area contributed by atoms with Crippen LogP contribution >= 0.6 is 0 Å². The highest BCUT2D eigenvalue weighted by molar-refractivity contribution is 5.83. The highest BCUT2D eigenvalue weighted by atomic mass is 16.5. The zero-order valence-corrected chi connectivity index (χ0v) is 12.8. The van der Waals surface area contributed by atoms with Gasteiger partial charge in [-0.15, -0.1) is 12.8 Å². The van der Waals surface area contributed by atoms with Gasteiger partial charge < -0.3 is 9.47 Å². The molecule has 0 aromatic heterocycles. The first-order valence-electron chi connectivity index (χ1n) is 7.03. The van der Waals surface area contributed by atoms with Gasteiger partial charge in [-0.05, 0) is 36.5 Å². The van der Waals surface area contributed by atoms with Crippen molar-refractivity contribution in [2.24, 2.45) is 11.8 Å². The molecule has 24 heavy (non-hydrogen) atoms. The first-order chi connectivity index (χ1) is 11.7. The average molecular weight is 316 g/mol. The third-order valence-corrected chi connectivity index (χ3v) is 3.17. The van der Waals surface area contributed by atoms with E-state index >= 15 is 0 Å². The van der Waals surface area contributed by atoms with Crippen LogP contribution in [0.1, 0.15) is 25.7 Å². The van der Waals surface area contributed by atoms with Crippen LogP contribution in [0.2, 0.25) is 0 Å². The Kier molecular flexibility index (Phi) is 8.37. The Hall–Kier alpha value is -3.70. The predicted octanol–water partition coefficient (Wildman–Crippen LogP) is 1.07. The Balaban J connectivity index is 2.69. The minimum Gasteiger partial charge on any atom is -0.371 e. The fourth-order valence-electron chi connectivity index (χ4n) is 2.18. The van der Waals surface area contributed by atoms with Gasteiger partial charge in [-0.2, -0.15) is 0 Å². The highest BCUT2D eigenvalue weighted by Crippen LogP contribution is 2.31. The monoisotopic (exact) mass is 316 g/mol. The molecular weight excluding hydrogens is 304 g/mol. The number of terminal acetylenes is 2. The molecule has 2 atom stereocenters. The molecule has 0 aliphatic heterocycles.